The van der Waals surface area contributed by atoms with Crippen LogP contribution in [0.4, 0.5) is 11.4 Å². The first-order valence-corrected chi connectivity index (χ1v) is 4.65. The molecule has 1 aromatic carbocycles. The lowest BCUT2D eigenvalue weighted by Gasteiger charge is -2.04. The summed E-state index contributed by atoms with van der Waals surface area (Å²) in [6.07, 6.45) is 0. The van der Waals surface area contributed by atoms with E-state index in [2.05, 4.69) is 5.32 Å². The van der Waals surface area contributed by atoms with Gasteiger partial charge in [-0.2, -0.15) is 0 Å². The first-order chi connectivity index (χ1) is 7.93. The van der Waals surface area contributed by atoms with Crippen LogP contribution in [0.3, 0.4) is 0 Å². The van der Waals surface area contributed by atoms with Gasteiger partial charge in [0.1, 0.15) is 6.61 Å². The minimum Gasteiger partial charge on any atom is -0.388 e. The molecular formula is C10H10N2O5. The summed E-state index contributed by atoms with van der Waals surface area (Å²) in [4.78, 5) is 32.0. The summed E-state index contributed by atoms with van der Waals surface area (Å²) in [7, 11) is 0. The first-order valence-electron chi connectivity index (χ1n) is 4.65. The Morgan fingerprint density at radius 2 is 2.06 bits per heavy atom. The average molecular weight is 238 g/mol. The van der Waals surface area contributed by atoms with E-state index in [4.69, 9.17) is 5.11 Å². The molecule has 0 saturated heterocycles. The first kappa shape index (κ1) is 12.8. The fourth-order valence-electron chi connectivity index (χ4n) is 1.24. The van der Waals surface area contributed by atoms with Crippen molar-refractivity contribution in [1.82, 2.24) is 0 Å². The second-order valence-corrected chi connectivity index (χ2v) is 3.29. The monoisotopic (exact) mass is 238 g/mol. The number of nitro groups is 1. The molecule has 1 rings (SSSR count). The van der Waals surface area contributed by atoms with Crippen molar-refractivity contribution < 1.29 is 19.6 Å². The third-order valence-electron chi connectivity index (χ3n) is 1.91. The molecule has 0 atom stereocenters. The molecular weight excluding hydrogens is 228 g/mol. The Balaban J connectivity index is 3.23. The van der Waals surface area contributed by atoms with Crippen LogP contribution >= 0.6 is 0 Å². The number of amides is 1. The van der Waals surface area contributed by atoms with Gasteiger partial charge in [0.15, 0.2) is 5.78 Å². The molecule has 0 fully saturated rings. The summed E-state index contributed by atoms with van der Waals surface area (Å²) in [6.45, 7) is 0.493. The molecule has 0 saturated carbocycles. The Morgan fingerprint density at radius 1 is 1.41 bits per heavy atom. The third kappa shape index (κ3) is 3.35. The molecule has 2 N–H and O–H groups in total. The molecule has 0 bridgehead atoms. The van der Waals surface area contributed by atoms with Crippen molar-refractivity contribution in [2.75, 3.05) is 11.9 Å². The summed E-state index contributed by atoms with van der Waals surface area (Å²) < 4.78 is 0. The fraction of sp³-hybridized carbons (Fsp3) is 0.200. The Hall–Kier alpha value is -2.28. The number of hydrogen-bond donors (Lipinski definition) is 2. The number of nitro benzene ring substituents is 1. The maximum atomic E-state index is 11.2. The number of carbonyl (C=O) groups is 2. The summed E-state index contributed by atoms with van der Waals surface area (Å²) in [5, 5.41) is 21.6. The third-order valence-corrected chi connectivity index (χ3v) is 1.91. The summed E-state index contributed by atoms with van der Waals surface area (Å²) >= 11 is 0. The zero-order valence-corrected chi connectivity index (χ0v) is 8.97. The molecule has 0 aromatic heterocycles. The van der Waals surface area contributed by atoms with Gasteiger partial charge in [0, 0.05) is 30.3 Å². The van der Waals surface area contributed by atoms with Crippen LogP contribution < -0.4 is 5.32 Å². The van der Waals surface area contributed by atoms with Crippen LogP contribution in [0.2, 0.25) is 0 Å². The van der Waals surface area contributed by atoms with E-state index in [9.17, 15) is 19.7 Å². The average Bonchev–Trinajstić information content (AvgIpc) is 2.26. The van der Waals surface area contributed by atoms with Crippen molar-refractivity contribution in [3.63, 3.8) is 0 Å². The van der Waals surface area contributed by atoms with Crippen molar-refractivity contribution >= 4 is 23.1 Å². The predicted octanol–water partition coefficient (Wildman–Crippen LogP) is 0.728. The second-order valence-electron chi connectivity index (χ2n) is 3.29. The minimum atomic E-state index is -0.749. The highest BCUT2D eigenvalue weighted by Gasteiger charge is 2.14. The Kier molecular flexibility index (Phi) is 3.89. The fourth-order valence-corrected chi connectivity index (χ4v) is 1.24. The number of rotatable bonds is 4. The normalized spacial score (nSPS) is 9.76. The van der Waals surface area contributed by atoms with Crippen molar-refractivity contribution in [1.29, 1.82) is 0 Å². The number of aliphatic hydroxyl groups is 1. The number of ketones is 1. The Bertz CT molecular complexity index is 484. The number of hydrogen-bond acceptors (Lipinski definition) is 5. The van der Waals surface area contributed by atoms with Crippen LogP contribution in [0.5, 0.6) is 0 Å². The molecule has 1 aromatic rings. The van der Waals surface area contributed by atoms with Crippen LogP contribution in [0.1, 0.15) is 17.3 Å². The lowest BCUT2D eigenvalue weighted by Crippen LogP contribution is -2.09. The van der Waals surface area contributed by atoms with Crippen LogP contribution in [-0.2, 0) is 4.79 Å². The summed E-state index contributed by atoms with van der Waals surface area (Å²) in [5.41, 5.74) is -0.206. The van der Waals surface area contributed by atoms with Gasteiger partial charge in [0.2, 0.25) is 5.91 Å². The smallest absolute Gasteiger partial charge is 0.272 e. The number of aliphatic hydroxyl groups excluding tert-OH is 1. The zero-order chi connectivity index (χ0) is 13.0. The van der Waals surface area contributed by atoms with Gasteiger partial charge >= 0.3 is 0 Å². The van der Waals surface area contributed by atoms with Gasteiger partial charge in [-0.05, 0) is 6.07 Å². The topological polar surface area (TPSA) is 110 Å². The Labute approximate surface area is 96.2 Å². The van der Waals surface area contributed by atoms with Crippen molar-refractivity contribution in [3.8, 4) is 0 Å². The standard InChI is InChI=1S/C10H10N2O5/c1-6(14)11-8-2-7(10(15)5-13)3-9(4-8)12(16)17/h2-4,13H,5H2,1H3,(H,11,14). The van der Waals surface area contributed by atoms with E-state index in [1.807, 2.05) is 0 Å². The van der Waals surface area contributed by atoms with Crippen molar-refractivity contribution in [3.05, 3.63) is 33.9 Å². The number of non-ortho nitro benzene ring substituents is 1. The molecule has 0 aliphatic carbocycles. The molecule has 7 nitrogen and oxygen atoms in total. The van der Waals surface area contributed by atoms with Crippen LogP contribution in [0, 0.1) is 10.1 Å². The van der Waals surface area contributed by atoms with Crippen LogP contribution in [0.15, 0.2) is 18.2 Å². The van der Waals surface area contributed by atoms with E-state index >= 15 is 0 Å². The largest absolute Gasteiger partial charge is 0.388 e. The lowest BCUT2D eigenvalue weighted by molar-refractivity contribution is -0.384. The summed E-state index contributed by atoms with van der Waals surface area (Å²) in [6, 6.07) is 3.45. The van der Waals surface area contributed by atoms with Gasteiger partial charge < -0.3 is 10.4 Å². The molecule has 0 aliphatic rings. The highest BCUT2D eigenvalue weighted by atomic mass is 16.6. The van der Waals surface area contributed by atoms with Gasteiger partial charge in [0.25, 0.3) is 5.69 Å². The number of benzene rings is 1. The van der Waals surface area contributed by atoms with Gasteiger partial charge in [0.05, 0.1) is 4.92 Å². The van der Waals surface area contributed by atoms with E-state index < -0.39 is 23.2 Å². The van der Waals surface area contributed by atoms with Gasteiger partial charge in [-0.1, -0.05) is 0 Å². The number of carbonyl (C=O) groups excluding carboxylic acids is 2. The van der Waals surface area contributed by atoms with Crippen molar-refractivity contribution in [2.45, 2.75) is 6.92 Å². The molecule has 17 heavy (non-hydrogen) atoms. The molecule has 0 radical (unpaired) electrons. The highest BCUT2D eigenvalue weighted by Crippen LogP contribution is 2.21. The van der Waals surface area contributed by atoms with Crippen LogP contribution in [0.25, 0.3) is 0 Å². The molecule has 0 unspecified atom stereocenters. The lowest BCUT2D eigenvalue weighted by atomic mass is 10.1. The van der Waals surface area contributed by atoms with E-state index in [0.717, 1.165) is 12.1 Å². The van der Waals surface area contributed by atoms with E-state index in [1.54, 1.807) is 0 Å². The minimum absolute atomic E-state index is 0.0227. The molecule has 90 valence electrons. The quantitative estimate of drug-likeness (QED) is 0.456. The molecule has 0 spiro atoms. The highest BCUT2D eigenvalue weighted by molar-refractivity contribution is 5.99. The van der Waals surface area contributed by atoms with Gasteiger partial charge in [-0.25, -0.2) is 0 Å². The molecule has 0 aliphatic heterocycles. The number of nitrogens with one attached hydrogen (secondary N) is 1. The maximum absolute atomic E-state index is 11.2. The number of nitrogens with zero attached hydrogens (tertiary/aromatic N) is 1. The van der Waals surface area contributed by atoms with Gasteiger partial charge in [-0.3, -0.25) is 19.7 Å². The van der Waals surface area contributed by atoms with E-state index in [-0.39, 0.29) is 16.9 Å². The SMILES string of the molecule is CC(=O)Nc1cc(C(=O)CO)cc([N+](=O)[O-])c1. The van der Waals surface area contributed by atoms with Crippen molar-refractivity contribution in [2.24, 2.45) is 0 Å². The Morgan fingerprint density at radius 3 is 2.53 bits per heavy atom. The second kappa shape index (κ2) is 5.17. The van der Waals surface area contributed by atoms with E-state index in [1.165, 1.54) is 13.0 Å². The summed E-state index contributed by atoms with van der Waals surface area (Å²) in [5.74, 6) is -1.06. The number of Topliss-reactive ketones (excluding diaryl/α,β-unsaturated/α-hetero) is 1. The zero-order valence-electron chi connectivity index (χ0n) is 8.97. The van der Waals surface area contributed by atoms with E-state index in [0.29, 0.717) is 0 Å². The maximum Gasteiger partial charge on any atom is 0.272 e. The molecule has 1 amide bonds. The molecule has 0 heterocycles. The predicted molar refractivity (Wildman–Crippen MR) is 58.8 cm³/mol. The van der Waals surface area contributed by atoms with Gasteiger partial charge in [-0.15, -0.1) is 0 Å². The van der Waals surface area contributed by atoms with Crippen LogP contribution in [-0.4, -0.2) is 28.3 Å². The molecule has 7 heteroatoms. The number of anilines is 1.